The van der Waals surface area contributed by atoms with Crippen LogP contribution < -0.4 is 0 Å². The normalized spacial score (nSPS) is 23.4. The van der Waals surface area contributed by atoms with Crippen molar-refractivity contribution in [3.8, 4) is 0 Å². The third-order valence-corrected chi connectivity index (χ3v) is 4.33. The summed E-state index contributed by atoms with van der Waals surface area (Å²) in [6.07, 6.45) is 4.68. The molecule has 20 heavy (non-hydrogen) atoms. The standard InChI is InChI=1S/C16H20FN2O/c17-14-7-5-13(6-8-14)16(20)19-11-3-4-15(19)12-18-9-1-2-10-18/h5-7,15H,1-4,9-12H2/t15-/m0/s1. The lowest BCUT2D eigenvalue weighted by atomic mass is 10.1. The minimum Gasteiger partial charge on any atom is -0.334 e. The second kappa shape index (κ2) is 5.92. The van der Waals surface area contributed by atoms with E-state index in [0.29, 0.717) is 11.6 Å². The lowest BCUT2D eigenvalue weighted by Crippen LogP contribution is -2.42. The summed E-state index contributed by atoms with van der Waals surface area (Å²) >= 11 is 0. The molecule has 3 rings (SSSR count). The minimum absolute atomic E-state index is 0.0166. The van der Waals surface area contributed by atoms with Gasteiger partial charge in [-0.3, -0.25) is 4.79 Å². The van der Waals surface area contributed by atoms with E-state index in [9.17, 15) is 9.18 Å². The maximum Gasteiger partial charge on any atom is 0.254 e. The highest BCUT2D eigenvalue weighted by molar-refractivity contribution is 5.94. The number of halogens is 1. The monoisotopic (exact) mass is 275 g/mol. The molecule has 0 aromatic heterocycles. The van der Waals surface area contributed by atoms with Gasteiger partial charge < -0.3 is 9.80 Å². The molecular formula is C16H20FN2O. The Bertz CT molecular complexity index is 468. The molecule has 2 aliphatic heterocycles. The van der Waals surface area contributed by atoms with Crippen molar-refractivity contribution >= 4 is 5.91 Å². The Hall–Kier alpha value is -1.42. The Balaban J connectivity index is 1.67. The van der Waals surface area contributed by atoms with E-state index >= 15 is 0 Å². The van der Waals surface area contributed by atoms with Gasteiger partial charge in [-0.05, 0) is 57.0 Å². The Morgan fingerprint density at radius 1 is 1.25 bits per heavy atom. The first-order valence-electron chi connectivity index (χ1n) is 7.44. The average molecular weight is 275 g/mol. The number of hydrogen-bond acceptors (Lipinski definition) is 2. The van der Waals surface area contributed by atoms with Gasteiger partial charge in [-0.15, -0.1) is 0 Å². The Morgan fingerprint density at radius 2 is 2.05 bits per heavy atom. The van der Waals surface area contributed by atoms with E-state index in [4.69, 9.17) is 0 Å². The van der Waals surface area contributed by atoms with E-state index in [-0.39, 0.29) is 5.91 Å². The van der Waals surface area contributed by atoms with Crippen LogP contribution >= 0.6 is 0 Å². The van der Waals surface area contributed by atoms with Gasteiger partial charge in [-0.25, -0.2) is 4.39 Å². The van der Waals surface area contributed by atoms with Crippen molar-refractivity contribution < 1.29 is 9.18 Å². The van der Waals surface area contributed by atoms with Crippen molar-refractivity contribution in [3.05, 3.63) is 35.6 Å². The summed E-state index contributed by atoms with van der Waals surface area (Å²) in [6.45, 7) is 4.11. The fraction of sp³-hybridized carbons (Fsp3) is 0.562. The number of likely N-dealkylation sites (tertiary alicyclic amines) is 2. The summed E-state index contributed by atoms with van der Waals surface area (Å²) in [7, 11) is 0. The molecule has 0 bridgehead atoms. The molecule has 2 saturated heterocycles. The number of nitrogens with zero attached hydrogens (tertiary/aromatic N) is 2. The number of carbonyl (C=O) groups is 1. The number of amides is 1. The van der Waals surface area contributed by atoms with Crippen LogP contribution in [0.15, 0.2) is 18.2 Å². The van der Waals surface area contributed by atoms with Crippen LogP contribution in [0.4, 0.5) is 4.39 Å². The van der Waals surface area contributed by atoms with E-state index in [1.54, 1.807) is 6.07 Å². The van der Waals surface area contributed by atoms with Gasteiger partial charge in [0.25, 0.3) is 5.91 Å². The van der Waals surface area contributed by atoms with Crippen molar-refractivity contribution in [2.24, 2.45) is 0 Å². The highest BCUT2D eigenvalue weighted by atomic mass is 19.1. The van der Waals surface area contributed by atoms with Gasteiger partial charge in [0.1, 0.15) is 5.82 Å². The van der Waals surface area contributed by atoms with Crippen LogP contribution in [-0.2, 0) is 0 Å². The maximum atomic E-state index is 12.9. The van der Waals surface area contributed by atoms with Crippen LogP contribution in [0, 0.1) is 11.9 Å². The fourth-order valence-electron chi connectivity index (χ4n) is 3.26. The Morgan fingerprint density at radius 3 is 2.75 bits per heavy atom. The van der Waals surface area contributed by atoms with Crippen molar-refractivity contribution in [3.63, 3.8) is 0 Å². The van der Waals surface area contributed by atoms with Crippen LogP contribution in [0.1, 0.15) is 36.0 Å². The molecule has 2 heterocycles. The van der Waals surface area contributed by atoms with Gasteiger partial charge in [0.2, 0.25) is 0 Å². The molecule has 0 spiro atoms. The maximum absolute atomic E-state index is 12.9. The second-order valence-corrected chi connectivity index (χ2v) is 5.73. The van der Waals surface area contributed by atoms with Crippen LogP contribution in [0.3, 0.4) is 0 Å². The molecule has 1 amide bonds. The summed E-state index contributed by atoms with van der Waals surface area (Å²) in [6, 6.07) is 7.10. The van der Waals surface area contributed by atoms with Gasteiger partial charge in [0, 0.05) is 30.8 Å². The van der Waals surface area contributed by atoms with E-state index in [1.807, 2.05) is 4.90 Å². The number of carbonyl (C=O) groups excluding carboxylic acids is 1. The van der Waals surface area contributed by atoms with Crippen molar-refractivity contribution in [2.75, 3.05) is 26.2 Å². The Labute approximate surface area is 119 Å². The zero-order valence-corrected chi connectivity index (χ0v) is 11.6. The first-order valence-corrected chi connectivity index (χ1v) is 7.44. The number of benzene rings is 1. The molecule has 1 atom stereocenters. The van der Waals surface area contributed by atoms with Gasteiger partial charge in [-0.1, -0.05) is 0 Å². The highest BCUT2D eigenvalue weighted by Crippen LogP contribution is 2.22. The molecule has 0 unspecified atom stereocenters. The molecule has 1 aromatic rings. The topological polar surface area (TPSA) is 23.6 Å². The van der Waals surface area contributed by atoms with Crippen LogP contribution in [0.2, 0.25) is 0 Å². The minimum atomic E-state index is -0.420. The van der Waals surface area contributed by atoms with Crippen molar-refractivity contribution in [1.82, 2.24) is 9.80 Å². The molecule has 0 saturated carbocycles. The van der Waals surface area contributed by atoms with E-state index in [1.165, 1.54) is 25.0 Å². The molecule has 4 heteroatoms. The summed E-state index contributed by atoms with van der Waals surface area (Å²) in [5.74, 6) is -0.403. The molecule has 3 nitrogen and oxygen atoms in total. The molecule has 0 aliphatic carbocycles. The van der Waals surface area contributed by atoms with Crippen LogP contribution in [0.25, 0.3) is 0 Å². The van der Waals surface area contributed by atoms with Crippen LogP contribution in [-0.4, -0.2) is 47.9 Å². The quantitative estimate of drug-likeness (QED) is 0.845. The van der Waals surface area contributed by atoms with Gasteiger partial charge >= 0.3 is 0 Å². The van der Waals surface area contributed by atoms with E-state index < -0.39 is 5.82 Å². The second-order valence-electron chi connectivity index (χ2n) is 5.73. The summed E-state index contributed by atoms with van der Waals surface area (Å²) in [5.41, 5.74) is 0.541. The third kappa shape index (κ3) is 2.85. The summed E-state index contributed by atoms with van der Waals surface area (Å²) < 4.78 is 12.9. The molecule has 2 aliphatic rings. The molecular weight excluding hydrogens is 255 g/mol. The molecule has 107 valence electrons. The largest absolute Gasteiger partial charge is 0.334 e. The predicted octanol–water partition coefficient (Wildman–Crippen LogP) is 2.33. The average Bonchev–Trinajstić information content (AvgIpc) is 3.11. The zero-order chi connectivity index (χ0) is 13.9. The highest BCUT2D eigenvalue weighted by Gasteiger charge is 2.31. The molecule has 1 aromatic carbocycles. The van der Waals surface area contributed by atoms with Gasteiger partial charge in [-0.2, -0.15) is 0 Å². The number of hydrogen-bond donors (Lipinski definition) is 0. The smallest absolute Gasteiger partial charge is 0.254 e. The first-order chi connectivity index (χ1) is 9.74. The lowest BCUT2D eigenvalue weighted by Gasteiger charge is -2.28. The fourth-order valence-corrected chi connectivity index (χ4v) is 3.26. The van der Waals surface area contributed by atoms with E-state index in [0.717, 1.165) is 39.0 Å². The van der Waals surface area contributed by atoms with Gasteiger partial charge in [0.05, 0.1) is 0 Å². The Kier molecular flexibility index (Phi) is 4.01. The summed E-state index contributed by atoms with van der Waals surface area (Å²) in [4.78, 5) is 16.9. The molecule has 1 radical (unpaired) electrons. The van der Waals surface area contributed by atoms with Gasteiger partial charge in [0.15, 0.2) is 0 Å². The first kappa shape index (κ1) is 13.6. The van der Waals surface area contributed by atoms with E-state index in [2.05, 4.69) is 11.0 Å². The van der Waals surface area contributed by atoms with Crippen molar-refractivity contribution in [1.29, 1.82) is 0 Å². The predicted molar refractivity (Wildman–Crippen MR) is 75.0 cm³/mol. The molecule has 2 fully saturated rings. The molecule has 0 N–H and O–H groups in total. The van der Waals surface area contributed by atoms with Crippen molar-refractivity contribution in [2.45, 2.75) is 31.7 Å². The zero-order valence-electron chi connectivity index (χ0n) is 11.6. The third-order valence-electron chi connectivity index (χ3n) is 4.33. The lowest BCUT2D eigenvalue weighted by molar-refractivity contribution is 0.0708. The number of rotatable bonds is 3. The SMILES string of the molecule is O=C(c1c[c]c(F)cc1)N1CCC[C@H]1CN1CCCC1. The van der Waals surface area contributed by atoms with Crippen LogP contribution in [0.5, 0.6) is 0 Å². The summed E-state index contributed by atoms with van der Waals surface area (Å²) in [5, 5.41) is 0.